The number of benzene rings is 2. The Morgan fingerprint density at radius 3 is 2.04 bits per heavy atom. The summed E-state index contributed by atoms with van der Waals surface area (Å²) in [4.78, 5) is 0. The minimum Gasteiger partial charge on any atom is -0.502 e. The van der Waals surface area contributed by atoms with E-state index >= 15 is 0 Å². The van der Waals surface area contributed by atoms with Gasteiger partial charge in [-0.15, -0.1) is 0 Å². The summed E-state index contributed by atoms with van der Waals surface area (Å²) in [5.41, 5.74) is 3.06. The van der Waals surface area contributed by atoms with Gasteiger partial charge in [-0.2, -0.15) is 0 Å². The highest BCUT2D eigenvalue weighted by Crippen LogP contribution is 2.45. The fraction of sp³-hybridized carbons (Fsp3) is 0.273. The van der Waals surface area contributed by atoms with Crippen LogP contribution in [-0.2, 0) is 0 Å². The number of methoxy groups -OCH3 is 4. The average molecular weight is 384 g/mol. The molecule has 0 saturated heterocycles. The first-order valence-electron chi connectivity index (χ1n) is 8.76. The minimum absolute atomic E-state index is 0.0188. The molecule has 6 nitrogen and oxygen atoms in total. The highest BCUT2D eigenvalue weighted by atomic mass is 16.5. The molecule has 1 N–H and O–H groups in total. The lowest BCUT2D eigenvalue weighted by atomic mass is 9.94. The van der Waals surface area contributed by atoms with Crippen LogP contribution in [0.25, 0.3) is 16.5 Å². The number of phenols is 1. The quantitative estimate of drug-likeness (QED) is 0.650. The lowest BCUT2D eigenvalue weighted by molar-refractivity contribution is 0.324. The summed E-state index contributed by atoms with van der Waals surface area (Å²) in [7, 11) is 6.24. The molecule has 3 aromatic rings. The normalized spacial score (nSPS) is 11.6. The van der Waals surface area contributed by atoms with Crippen molar-refractivity contribution in [3.05, 3.63) is 47.2 Å². The van der Waals surface area contributed by atoms with Crippen LogP contribution in [-0.4, -0.2) is 33.5 Å². The predicted octanol–water partition coefficient (Wildman–Crippen LogP) is 4.93. The van der Waals surface area contributed by atoms with Crippen molar-refractivity contribution < 1.29 is 28.5 Å². The Morgan fingerprint density at radius 2 is 1.54 bits per heavy atom. The van der Waals surface area contributed by atoms with E-state index in [1.165, 1.54) is 7.11 Å². The van der Waals surface area contributed by atoms with E-state index in [4.69, 9.17) is 23.4 Å². The van der Waals surface area contributed by atoms with E-state index in [0.29, 0.717) is 34.3 Å². The smallest absolute Gasteiger partial charge is 0.203 e. The zero-order valence-corrected chi connectivity index (χ0v) is 16.9. The largest absolute Gasteiger partial charge is 0.502 e. The number of aryl methyl sites for hydroxylation is 1. The van der Waals surface area contributed by atoms with Gasteiger partial charge in [-0.3, -0.25) is 0 Å². The summed E-state index contributed by atoms with van der Waals surface area (Å²) in [6, 6.07) is 7.37. The Hall–Kier alpha value is -3.28. The molecule has 1 aromatic heterocycles. The summed E-state index contributed by atoms with van der Waals surface area (Å²) in [6.45, 7) is 3.81. The molecule has 3 rings (SSSR count). The highest BCUT2D eigenvalue weighted by molar-refractivity contribution is 6.00. The van der Waals surface area contributed by atoms with E-state index in [1.54, 1.807) is 27.4 Å². The van der Waals surface area contributed by atoms with Crippen molar-refractivity contribution in [1.82, 2.24) is 0 Å². The maximum absolute atomic E-state index is 10.5. The average Bonchev–Trinajstić information content (AvgIpc) is 3.05. The Labute approximate surface area is 163 Å². The third-order valence-corrected chi connectivity index (χ3v) is 4.72. The second-order valence-electron chi connectivity index (χ2n) is 6.14. The first kappa shape index (κ1) is 19.5. The van der Waals surface area contributed by atoms with Crippen LogP contribution >= 0.6 is 0 Å². The Kier molecular flexibility index (Phi) is 5.40. The van der Waals surface area contributed by atoms with Gasteiger partial charge in [-0.1, -0.05) is 6.08 Å². The lowest BCUT2D eigenvalue weighted by Crippen LogP contribution is -1.98. The van der Waals surface area contributed by atoms with Crippen molar-refractivity contribution >= 4 is 16.5 Å². The standard InChI is InChI=1S/C22H24O6/c1-7-14(13-10-17(25-4)22(27-6)18(11-13)26-5)19-12(2)28-21-15(19)8-9-16(24-3)20(21)23/h7-11,23H,1-6H3. The van der Waals surface area contributed by atoms with Gasteiger partial charge >= 0.3 is 0 Å². The van der Waals surface area contributed by atoms with Crippen LogP contribution in [0.4, 0.5) is 0 Å². The number of fused-ring (bicyclic) bond motifs is 1. The van der Waals surface area contributed by atoms with E-state index in [9.17, 15) is 5.11 Å². The van der Waals surface area contributed by atoms with Gasteiger partial charge in [0.1, 0.15) is 5.76 Å². The number of allylic oxidation sites excluding steroid dienone is 1. The summed E-state index contributed by atoms with van der Waals surface area (Å²) >= 11 is 0. The number of hydrogen-bond donors (Lipinski definition) is 1. The number of furan rings is 1. The second kappa shape index (κ2) is 7.76. The van der Waals surface area contributed by atoms with Gasteiger partial charge in [0.2, 0.25) is 11.5 Å². The molecule has 0 saturated carbocycles. The maximum atomic E-state index is 10.5. The van der Waals surface area contributed by atoms with E-state index in [0.717, 1.165) is 22.1 Å². The van der Waals surface area contributed by atoms with Crippen LogP contribution < -0.4 is 18.9 Å². The molecule has 0 amide bonds. The van der Waals surface area contributed by atoms with E-state index in [1.807, 2.05) is 38.1 Å². The van der Waals surface area contributed by atoms with Gasteiger partial charge in [-0.25, -0.2) is 0 Å². The first-order valence-corrected chi connectivity index (χ1v) is 8.76. The third kappa shape index (κ3) is 3.01. The van der Waals surface area contributed by atoms with Gasteiger partial charge in [-0.05, 0) is 49.2 Å². The van der Waals surface area contributed by atoms with Crippen molar-refractivity contribution in [2.45, 2.75) is 13.8 Å². The van der Waals surface area contributed by atoms with Gasteiger partial charge in [0, 0.05) is 10.9 Å². The number of ether oxygens (including phenoxy) is 4. The van der Waals surface area contributed by atoms with Crippen LogP contribution in [0.3, 0.4) is 0 Å². The molecule has 2 aromatic carbocycles. The maximum Gasteiger partial charge on any atom is 0.203 e. The highest BCUT2D eigenvalue weighted by Gasteiger charge is 2.22. The van der Waals surface area contributed by atoms with Crippen molar-refractivity contribution in [3.8, 4) is 28.7 Å². The van der Waals surface area contributed by atoms with Crippen LogP contribution in [0.15, 0.2) is 34.8 Å². The topological polar surface area (TPSA) is 70.3 Å². The van der Waals surface area contributed by atoms with Crippen LogP contribution in [0.2, 0.25) is 0 Å². The summed E-state index contributed by atoms with van der Waals surface area (Å²) in [5.74, 6) is 2.68. The van der Waals surface area contributed by atoms with Crippen molar-refractivity contribution in [2.75, 3.05) is 28.4 Å². The Morgan fingerprint density at radius 1 is 0.929 bits per heavy atom. The van der Waals surface area contributed by atoms with E-state index < -0.39 is 0 Å². The van der Waals surface area contributed by atoms with Gasteiger partial charge in [0.05, 0.1) is 28.4 Å². The van der Waals surface area contributed by atoms with Crippen LogP contribution in [0, 0.1) is 6.92 Å². The van der Waals surface area contributed by atoms with E-state index in [2.05, 4.69) is 0 Å². The van der Waals surface area contributed by atoms with Crippen LogP contribution in [0.5, 0.6) is 28.7 Å². The summed E-state index contributed by atoms with van der Waals surface area (Å²) in [5, 5.41) is 11.2. The van der Waals surface area contributed by atoms with Crippen molar-refractivity contribution in [2.24, 2.45) is 0 Å². The molecule has 0 aliphatic carbocycles. The molecular formula is C22H24O6. The molecule has 0 aliphatic heterocycles. The number of hydrogen-bond acceptors (Lipinski definition) is 6. The van der Waals surface area contributed by atoms with Gasteiger partial charge in [0.15, 0.2) is 22.8 Å². The van der Waals surface area contributed by atoms with Gasteiger partial charge in [0.25, 0.3) is 0 Å². The Bertz CT molecular complexity index is 1020. The van der Waals surface area contributed by atoms with Crippen molar-refractivity contribution in [1.29, 1.82) is 0 Å². The monoisotopic (exact) mass is 384 g/mol. The second-order valence-corrected chi connectivity index (χ2v) is 6.14. The molecule has 0 atom stereocenters. The minimum atomic E-state index is -0.0188. The van der Waals surface area contributed by atoms with Crippen LogP contribution in [0.1, 0.15) is 23.8 Å². The molecule has 6 heteroatoms. The SMILES string of the molecule is CC=C(c1cc(OC)c(OC)c(OC)c1)c1c(C)oc2c(O)c(OC)ccc12. The predicted molar refractivity (Wildman–Crippen MR) is 108 cm³/mol. The lowest BCUT2D eigenvalue weighted by Gasteiger charge is -2.16. The zero-order valence-electron chi connectivity index (χ0n) is 16.9. The molecule has 0 fully saturated rings. The van der Waals surface area contributed by atoms with Gasteiger partial charge < -0.3 is 28.5 Å². The number of rotatable bonds is 6. The molecule has 0 bridgehead atoms. The van der Waals surface area contributed by atoms with Crippen molar-refractivity contribution in [3.63, 3.8) is 0 Å². The molecule has 1 heterocycles. The van der Waals surface area contributed by atoms with E-state index in [-0.39, 0.29) is 5.75 Å². The third-order valence-electron chi connectivity index (χ3n) is 4.72. The molecule has 148 valence electrons. The molecule has 0 radical (unpaired) electrons. The molecule has 28 heavy (non-hydrogen) atoms. The fourth-order valence-electron chi connectivity index (χ4n) is 3.44. The molecule has 0 unspecified atom stereocenters. The molecule has 0 aliphatic rings. The fourth-order valence-corrected chi connectivity index (χ4v) is 3.44. The molecular weight excluding hydrogens is 360 g/mol. The summed E-state index contributed by atoms with van der Waals surface area (Å²) < 4.78 is 27.5. The number of phenolic OH excluding ortho intramolecular Hbond substituents is 1. The number of aromatic hydroxyl groups is 1. The zero-order chi connectivity index (χ0) is 20.4. The summed E-state index contributed by atoms with van der Waals surface area (Å²) in [6.07, 6.45) is 1.99. The first-order chi connectivity index (χ1) is 13.5. The molecule has 0 spiro atoms. The Balaban J connectivity index is 2.26.